The zero-order chi connectivity index (χ0) is 14.0. The average molecular weight is 309 g/mol. The first kappa shape index (κ1) is 16.3. The van der Waals surface area contributed by atoms with E-state index in [1.54, 1.807) is 0 Å². The van der Waals surface area contributed by atoms with Crippen molar-refractivity contribution in [3.05, 3.63) is 35.4 Å². The van der Waals surface area contributed by atoms with Crippen LogP contribution in [-0.4, -0.2) is 19.0 Å². The van der Waals surface area contributed by atoms with Gasteiger partial charge in [-0.2, -0.15) is 0 Å². The Hall–Kier alpha value is -1.06. The third-order valence-corrected chi connectivity index (χ3v) is 5.19. The molecule has 1 aliphatic carbocycles. The Morgan fingerprint density at radius 3 is 3.00 bits per heavy atom. The van der Waals surface area contributed by atoms with Gasteiger partial charge in [0.15, 0.2) is 0 Å². The molecule has 0 spiro atoms. The first-order valence-electron chi connectivity index (χ1n) is 7.76. The zero-order valence-corrected chi connectivity index (χ0v) is 13.5. The van der Waals surface area contributed by atoms with Crippen LogP contribution in [0, 0.1) is 18.3 Å². The molecular formula is C17H25ClN2O. The van der Waals surface area contributed by atoms with Crippen molar-refractivity contribution in [3.63, 3.8) is 0 Å². The Labute approximate surface area is 133 Å². The predicted molar refractivity (Wildman–Crippen MR) is 87.5 cm³/mol. The van der Waals surface area contributed by atoms with Crippen LogP contribution in [0.3, 0.4) is 0 Å². The summed E-state index contributed by atoms with van der Waals surface area (Å²) < 4.78 is 0. The lowest BCUT2D eigenvalue weighted by atomic mass is 9.67. The lowest BCUT2D eigenvalue weighted by molar-refractivity contribution is -0.134. The van der Waals surface area contributed by atoms with Crippen LogP contribution >= 0.6 is 12.4 Å². The molecular weight excluding hydrogens is 284 g/mol. The zero-order valence-electron chi connectivity index (χ0n) is 12.7. The molecule has 4 heteroatoms. The molecule has 2 atom stereocenters. The summed E-state index contributed by atoms with van der Waals surface area (Å²) in [6.07, 6.45) is 4.71. The highest BCUT2D eigenvalue weighted by molar-refractivity contribution is 5.85. The smallest absolute Gasteiger partial charge is 0.228 e. The van der Waals surface area contributed by atoms with Crippen LogP contribution in [0.2, 0.25) is 0 Å². The van der Waals surface area contributed by atoms with Crippen LogP contribution in [0.4, 0.5) is 0 Å². The van der Waals surface area contributed by atoms with Crippen LogP contribution < -0.4 is 10.6 Å². The van der Waals surface area contributed by atoms with E-state index in [0.29, 0.717) is 12.5 Å². The molecule has 3 rings (SSSR count). The Morgan fingerprint density at radius 2 is 2.19 bits per heavy atom. The maximum Gasteiger partial charge on any atom is 0.228 e. The van der Waals surface area contributed by atoms with Crippen LogP contribution in [0.25, 0.3) is 0 Å². The van der Waals surface area contributed by atoms with Gasteiger partial charge in [-0.25, -0.2) is 0 Å². The van der Waals surface area contributed by atoms with Gasteiger partial charge in [0.05, 0.1) is 5.41 Å². The maximum absolute atomic E-state index is 12.7. The number of benzene rings is 1. The minimum Gasteiger partial charge on any atom is -0.351 e. The van der Waals surface area contributed by atoms with Crippen molar-refractivity contribution < 1.29 is 4.79 Å². The van der Waals surface area contributed by atoms with Crippen molar-refractivity contribution in [2.75, 3.05) is 13.1 Å². The van der Waals surface area contributed by atoms with Crippen molar-refractivity contribution in [2.45, 2.75) is 39.2 Å². The third-order valence-electron chi connectivity index (χ3n) is 5.19. The molecule has 21 heavy (non-hydrogen) atoms. The standard InChI is InChI=1S/C17H24N2O.ClH/c1-13-6-2-3-7-14(13)10-19-16(20)17-9-5-4-8-15(17)11-18-12-17;/h2-3,6-7,15,18H,4-5,8-12H2,1H3,(H,19,20);1H/t15-,17+;/m0./s1. The molecule has 1 aliphatic heterocycles. The van der Waals surface area contributed by atoms with E-state index >= 15 is 0 Å². The fourth-order valence-electron chi connectivity index (χ4n) is 3.85. The normalized spacial score (nSPS) is 27.6. The second-order valence-electron chi connectivity index (χ2n) is 6.34. The molecule has 1 saturated heterocycles. The molecule has 1 amide bonds. The van der Waals surface area contributed by atoms with Gasteiger partial charge in [0, 0.05) is 13.1 Å². The van der Waals surface area contributed by atoms with Gasteiger partial charge >= 0.3 is 0 Å². The van der Waals surface area contributed by atoms with Gasteiger partial charge in [0.1, 0.15) is 0 Å². The van der Waals surface area contributed by atoms with Gasteiger partial charge in [-0.15, -0.1) is 12.4 Å². The lowest BCUT2D eigenvalue weighted by Crippen LogP contribution is -2.47. The van der Waals surface area contributed by atoms with Gasteiger partial charge in [0.25, 0.3) is 0 Å². The molecule has 0 aromatic heterocycles. The van der Waals surface area contributed by atoms with Crippen molar-refractivity contribution in [1.29, 1.82) is 0 Å². The SMILES string of the molecule is Cc1ccccc1CNC(=O)[C@@]12CCCC[C@H]1CNC2.Cl. The number of rotatable bonds is 3. The van der Waals surface area contributed by atoms with Gasteiger partial charge in [-0.1, -0.05) is 37.1 Å². The monoisotopic (exact) mass is 308 g/mol. The van der Waals surface area contributed by atoms with Crippen molar-refractivity contribution >= 4 is 18.3 Å². The summed E-state index contributed by atoms with van der Waals surface area (Å²) in [5, 5.41) is 6.63. The average Bonchev–Trinajstić information content (AvgIpc) is 2.91. The number of nitrogens with one attached hydrogen (secondary N) is 2. The predicted octanol–water partition coefficient (Wildman–Crippen LogP) is 2.81. The van der Waals surface area contributed by atoms with E-state index in [0.717, 1.165) is 19.5 Å². The summed E-state index contributed by atoms with van der Waals surface area (Å²) in [5.74, 6) is 0.795. The van der Waals surface area contributed by atoms with Gasteiger partial charge in [-0.3, -0.25) is 4.79 Å². The summed E-state index contributed by atoms with van der Waals surface area (Å²) >= 11 is 0. The number of hydrogen-bond acceptors (Lipinski definition) is 2. The molecule has 0 bridgehead atoms. The highest BCUT2D eigenvalue weighted by atomic mass is 35.5. The van der Waals surface area contributed by atoms with Crippen LogP contribution in [0.5, 0.6) is 0 Å². The summed E-state index contributed by atoms with van der Waals surface area (Å²) in [6, 6.07) is 8.27. The number of amides is 1. The van der Waals surface area contributed by atoms with E-state index in [-0.39, 0.29) is 23.7 Å². The minimum absolute atomic E-state index is 0. The number of aryl methyl sites for hydroxylation is 1. The van der Waals surface area contributed by atoms with Gasteiger partial charge < -0.3 is 10.6 Å². The number of hydrogen-bond donors (Lipinski definition) is 2. The Morgan fingerprint density at radius 1 is 1.38 bits per heavy atom. The molecule has 1 saturated carbocycles. The van der Waals surface area contributed by atoms with Crippen LogP contribution in [0.15, 0.2) is 24.3 Å². The lowest BCUT2D eigenvalue weighted by Gasteiger charge is -2.37. The van der Waals surface area contributed by atoms with E-state index in [1.807, 2.05) is 12.1 Å². The molecule has 1 heterocycles. The number of fused-ring (bicyclic) bond motifs is 1. The molecule has 1 aromatic rings. The second-order valence-corrected chi connectivity index (χ2v) is 6.34. The highest BCUT2D eigenvalue weighted by Gasteiger charge is 2.49. The van der Waals surface area contributed by atoms with Gasteiger partial charge in [-0.05, 0) is 43.4 Å². The summed E-state index contributed by atoms with van der Waals surface area (Å²) in [5.41, 5.74) is 2.33. The second kappa shape index (κ2) is 6.80. The summed E-state index contributed by atoms with van der Waals surface area (Å²) in [4.78, 5) is 12.7. The van der Waals surface area contributed by atoms with Gasteiger partial charge in [0.2, 0.25) is 5.91 Å². The third kappa shape index (κ3) is 3.09. The highest BCUT2D eigenvalue weighted by Crippen LogP contribution is 2.43. The van der Waals surface area contributed by atoms with Crippen molar-refractivity contribution in [1.82, 2.24) is 10.6 Å². The quantitative estimate of drug-likeness (QED) is 0.901. The van der Waals surface area contributed by atoms with E-state index in [4.69, 9.17) is 0 Å². The first-order chi connectivity index (χ1) is 9.72. The topological polar surface area (TPSA) is 41.1 Å². The molecule has 116 valence electrons. The molecule has 1 aromatic carbocycles. The van der Waals surface area contributed by atoms with E-state index in [1.165, 1.54) is 30.4 Å². The van der Waals surface area contributed by atoms with Crippen molar-refractivity contribution in [3.8, 4) is 0 Å². The molecule has 0 radical (unpaired) electrons. The van der Waals surface area contributed by atoms with Crippen LogP contribution in [-0.2, 0) is 11.3 Å². The minimum atomic E-state index is -0.138. The van der Waals surface area contributed by atoms with E-state index < -0.39 is 0 Å². The molecule has 2 aliphatic rings. The first-order valence-corrected chi connectivity index (χ1v) is 7.76. The summed E-state index contributed by atoms with van der Waals surface area (Å²) in [7, 11) is 0. The molecule has 2 fully saturated rings. The Balaban J connectivity index is 0.00000161. The van der Waals surface area contributed by atoms with E-state index in [2.05, 4.69) is 29.7 Å². The number of carbonyl (C=O) groups excluding carboxylic acids is 1. The Kier molecular flexibility index (Phi) is 5.28. The van der Waals surface area contributed by atoms with Crippen molar-refractivity contribution in [2.24, 2.45) is 11.3 Å². The fraction of sp³-hybridized carbons (Fsp3) is 0.588. The number of carbonyl (C=O) groups is 1. The molecule has 0 unspecified atom stereocenters. The maximum atomic E-state index is 12.7. The largest absolute Gasteiger partial charge is 0.351 e. The molecule has 3 nitrogen and oxygen atoms in total. The van der Waals surface area contributed by atoms with E-state index in [9.17, 15) is 4.79 Å². The molecule has 2 N–H and O–H groups in total. The Bertz CT molecular complexity index is 505. The fourth-order valence-corrected chi connectivity index (χ4v) is 3.85. The van der Waals surface area contributed by atoms with Crippen LogP contribution in [0.1, 0.15) is 36.8 Å². The summed E-state index contributed by atoms with van der Waals surface area (Å²) in [6.45, 7) is 4.62. The number of halogens is 1.